The van der Waals surface area contributed by atoms with Crippen LogP contribution in [0.25, 0.3) is 102 Å². The third-order valence-electron chi connectivity index (χ3n) is 10.0. The van der Waals surface area contributed by atoms with E-state index in [4.69, 9.17) is 9.97 Å². The van der Waals surface area contributed by atoms with Gasteiger partial charge in [0.1, 0.15) is 0 Å². The van der Waals surface area contributed by atoms with E-state index in [0.717, 1.165) is 39.6 Å². The molecule has 0 saturated carbocycles. The van der Waals surface area contributed by atoms with Crippen LogP contribution in [0, 0.1) is 0 Å². The van der Waals surface area contributed by atoms with Gasteiger partial charge in [0, 0.05) is 68.8 Å². The molecule has 4 heterocycles. The van der Waals surface area contributed by atoms with Gasteiger partial charge in [0.25, 0.3) is 0 Å². The summed E-state index contributed by atoms with van der Waals surface area (Å²) < 4.78 is 7.48. The summed E-state index contributed by atoms with van der Waals surface area (Å²) in [4.78, 5) is 10.5. The Morgan fingerprint density at radius 1 is 0.412 bits per heavy atom. The molecule has 0 radical (unpaired) electrons. The van der Waals surface area contributed by atoms with Crippen molar-refractivity contribution < 1.29 is 0 Å². The first kappa shape index (κ1) is 28.7. The average molecular weight is 686 g/mol. The van der Waals surface area contributed by atoms with E-state index in [1.54, 1.807) is 0 Å². The summed E-state index contributed by atoms with van der Waals surface area (Å²) in [6, 6.07) is 58.6. The second-order valence-electron chi connectivity index (χ2n) is 12.9. The highest BCUT2D eigenvalue weighted by Crippen LogP contribution is 2.46. The lowest BCUT2D eigenvalue weighted by Gasteiger charge is -2.10. The Kier molecular flexibility index (Phi) is 6.29. The minimum atomic E-state index is 0.732. The molecule has 0 N–H and O–H groups in total. The maximum absolute atomic E-state index is 5.34. The van der Waals surface area contributed by atoms with Crippen molar-refractivity contribution in [2.75, 3.05) is 0 Å². The van der Waals surface area contributed by atoms with Crippen molar-refractivity contribution in [2.24, 2.45) is 0 Å². The molecule has 5 heteroatoms. The third-order valence-corrected chi connectivity index (χ3v) is 12.4. The summed E-state index contributed by atoms with van der Waals surface area (Å²) in [6.07, 6.45) is 0. The lowest BCUT2D eigenvalue weighted by atomic mass is 10.0. The highest BCUT2D eigenvalue weighted by molar-refractivity contribution is 7.27. The van der Waals surface area contributed by atoms with Crippen LogP contribution >= 0.6 is 22.7 Å². The number of nitrogens with zero attached hydrogens (tertiary/aromatic N) is 3. The Labute approximate surface area is 301 Å². The van der Waals surface area contributed by atoms with Crippen molar-refractivity contribution in [2.45, 2.75) is 0 Å². The summed E-state index contributed by atoms with van der Waals surface area (Å²) in [5.41, 5.74) is 8.67. The van der Waals surface area contributed by atoms with E-state index in [-0.39, 0.29) is 0 Å². The van der Waals surface area contributed by atoms with E-state index in [2.05, 4.69) is 168 Å². The Balaban J connectivity index is 1.17. The van der Waals surface area contributed by atoms with Crippen LogP contribution in [-0.4, -0.2) is 14.5 Å². The highest BCUT2D eigenvalue weighted by atomic mass is 32.1. The standard InChI is InChI=1S/C46H27N3S2/c1-3-12-28(13-4-1)38-27-39(48-46(47-38)29-22-23-33-32-17-8-10-21-41(32)50-42(33)26-29)37-19-11-18-35-36-25-24-34-31-16-7-9-20-40(31)49(30-14-5-2-6-15-30)43(34)45(36)51-44(35)37/h1-27H. The smallest absolute Gasteiger partial charge is 0.160 e. The molecule has 0 amide bonds. The Morgan fingerprint density at radius 2 is 1.08 bits per heavy atom. The molecule has 3 nitrogen and oxygen atoms in total. The van der Waals surface area contributed by atoms with E-state index in [1.807, 2.05) is 22.7 Å². The largest absolute Gasteiger partial charge is 0.308 e. The second kappa shape index (κ2) is 11.2. The van der Waals surface area contributed by atoms with Gasteiger partial charge >= 0.3 is 0 Å². The van der Waals surface area contributed by atoms with Crippen LogP contribution in [0.5, 0.6) is 0 Å². The van der Waals surface area contributed by atoms with E-state index >= 15 is 0 Å². The zero-order chi connectivity index (χ0) is 33.5. The Hall–Kier alpha value is -6.14. The van der Waals surface area contributed by atoms with Crippen molar-refractivity contribution in [3.05, 3.63) is 164 Å². The van der Waals surface area contributed by atoms with Crippen molar-refractivity contribution in [1.29, 1.82) is 0 Å². The monoisotopic (exact) mass is 685 g/mol. The van der Waals surface area contributed by atoms with Gasteiger partial charge in [0.15, 0.2) is 5.82 Å². The van der Waals surface area contributed by atoms with Gasteiger partial charge in [0.05, 0.1) is 27.1 Å². The van der Waals surface area contributed by atoms with E-state index < -0.39 is 0 Å². The van der Waals surface area contributed by atoms with E-state index in [9.17, 15) is 0 Å². The van der Waals surface area contributed by atoms with Gasteiger partial charge in [-0.3, -0.25) is 0 Å². The molecule has 4 aromatic heterocycles. The maximum Gasteiger partial charge on any atom is 0.160 e. The highest BCUT2D eigenvalue weighted by Gasteiger charge is 2.20. The number of thiophene rings is 2. The predicted molar refractivity (Wildman–Crippen MR) is 218 cm³/mol. The first-order valence-corrected chi connectivity index (χ1v) is 18.7. The molecule has 11 aromatic rings. The summed E-state index contributed by atoms with van der Waals surface area (Å²) in [5, 5.41) is 7.60. The molecular weight excluding hydrogens is 659 g/mol. The minimum absolute atomic E-state index is 0.732. The Morgan fingerprint density at radius 3 is 1.96 bits per heavy atom. The second-order valence-corrected chi connectivity index (χ2v) is 15.1. The lowest BCUT2D eigenvalue weighted by molar-refractivity contribution is 1.19. The molecule has 0 bridgehead atoms. The molecule has 11 rings (SSSR count). The molecule has 51 heavy (non-hydrogen) atoms. The van der Waals surface area contributed by atoms with Crippen LogP contribution in [0.1, 0.15) is 0 Å². The van der Waals surface area contributed by atoms with Crippen LogP contribution in [0.2, 0.25) is 0 Å². The molecule has 238 valence electrons. The SMILES string of the molecule is c1ccc(-c2cc(-c3cccc4c3sc3c4ccc4c5ccccc5n(-c5ccccc5)c43)nc(-c3ccc4c(c3)sc3ccccc34)n2)cc1. The zero-order valence-electron chi connectivity index (χ0n) is 27.2. The Bertz CT molecular complexity index is 3130. The first-order chi connectivity index (χ1) is 25.3. The maximum atomic E-state index is 5.34. The normalized spacial score (nSPS) is 11.9. The van der Waals surface area contributed by atoms with Gasteiger partial charge in [-0.05, 0) is 36.4 Å². The molecule has 0 spiro atoms. The number of para-hydroxylation sites is 2. The fourth-order valence-electron chi connectivity index (χ4n) is 7.69. The molecule has 0 fully saturated rings. The average Bonchev–Trinajstić information content (AvgIpc) is 3.88. The van der Waals surface area contributed by atoms with Gasteiger partial charge in [-0.15, -0.1) is 22.7 Å². The summed E-state index contributed by atoms with van der Waals surface area (Å²) in [7, 11) is 0. The number of aromatic nitrogens is 3. The lowest BCUT2D eigenvalue weighted by Crippen LogP contribution is -1.96. The minimum Gasteiger partial charge on any atom is -0.308 e. The summed E-state index contributed by atoms with van der Waals surface area (Å²) >= 11 is 3.69. The fourth-order valence-corrected chi connectivity index (χ4v) is 10.2. The van der Waals surface area contributed by atoms with Crippen LogP contribution < -0.4 is 0 Å². The number of fused-ring (bicyclic) bond motifs is 10. The molecule has 0 aliphatic heterocycles. The van der Waals surface area contributed by atoms with Crippen molar-refractivity contribution in [3.63, 3.8) is 0 Å². The van der Waals surface area contributed by atoms with Gasteiger partial charge in [-0.1, -0.05) is 127 Å². The fraction of sp³-hybridized carbons (Fsp3) is 0. The predicted octanol–water partition coefficient (Wildman–Crippen LogP) is 13.3. The van der Waals surface area contributed by atoms with Gasteiger partial charge in [-0.2, -0.15) is 0 Å². The van der Waals surface area contributed by atoms with Crippen molar-refractivity contribution in [3.8, 4) is 39.6 Å². The molecule has 0 aliphatic carbocycles. The van der Waals surface area contributed by atoms with Crippen LogP contribution in [0.15, 0.2) is 164 Å². The molecular formula is C46H27N3S2. The van der Waals surface area contributed by atoms with E-state index in [0.29, 0.717) is 0 Å². The molecule has 7 aromatic carbocycles. The first-order valence-electron chi connectivity index (χ1n) is 17.1. The van der Waals surface area contributed by atoms with Crippen molar-refractivity contribution in [1.82, 2.24) is 14.5 Å². The van der Waals surface area contributed by atoms with Crippen LogP contribution in [0.3, 0.4) is 0 Å². The number of hydrogen-bond acceptors (Lipinski definition) is 4. The third kappa shape index (κ3) is 4.42. The van der Waals surface area contributed by atoms with Crippen LogP contribution in [0.4, 0.5) is 0 Å². The quantitative estimate of drug-likeness (QED) is 0.185. The molecule has 0 atom stereocenters. The van der Waals surface area contributed by atoms with E-state index in [1.165, 1.54) is 62.2 Å². The van der Waals surface area contributed by atoms with Gasteiger partial charge in [-0.25, -0.2) is 9.97 Å². The van der Waals surface area contributed by atoms with Crippen molar-refractivity contribution >= 4 is 84.8 Å². The molecule has 0 aliphatic rings. The van der Waals surface area contributed by atoms with Gasteiger partial charge in [0.2, 0.25) is 0 Å². The number of benzene rings is 7. The molecule has 0 saturated heterocycles. The topological polar surface area (TPSA) is 30.7 Å². The number of hydrogen-bond donors (Lipinski definition) is 0. The number of rotatable bonds is 4. The zero-order valence-corrected chi connectivity index (χ0v) is 28.9. The summed E-state index contributed by atoms with van der Waals surface area (Å²) in [6.45, 7) is 0. The molecule has 0 unspecified atom stereocenters. The van der Waals surface area contributed by atoms with Crippen LogP contribution in [-0.2, 0) is 0 Å². The summed E-state index contributed by atoms with van der Waals surface area (Å²) in [5.74, 6) is 0.732. The van der Waals surface area contributed by atoms with Gasteiger partial charge < -0.3 is 4.57 Å².